The third-order valence-electron chi connectivity index (χ3n) is 16.8. The predicted octanol–water partition coefficient (Wildman–Crippen LogP) is 20.4. The molecule has 6 atom stereocenters. The van der Waals surface area contributed by atoms with Crippen molar-refractivity contribution in [1.29, 1.82) is 0 Å². The summed E-state index contributed by atoms with van der Waals surface area (Å²) in [5, 5.41) is 10.6. The summed E-state index contributed by atoms with van der Waals surface area (Å²) in [5.41, 5.74) is 0. The predicted molar refractivity (Wildman–Crippen MR) is 363 cm³/mol. The molecule has 0 amide bonds. The summed E-state index contributed by atoms with van der Waals surface area (Å²) in [7, 11) is -9.90. The van der Waals surface area contributed by atoms with Crippen LogP contribution in [0.25, 0.3) is 0 Å². The number of hydrogen-bond acceptors (Lipinski definition) is 15. The minimum absolute atomic E-state index is 0.105. The lowest BCUT2D eigenvalue weighted by molar-refractivity contribution is -0.161. The number of ether oxygens (including phenoxy) is 4. The summed E-state index contributed by atoms with van der Waals surface area (Å²) in [6.07, 6.45) is 48.3. The van der Waals surface area contributed by atoms with E-state index in [1.54, 1.807) is 0 Å². The minimum atomic E-state index is -4.95. The molecule has 0 saturated heterocycles. The molecular formula is C71H138O17P2. The summed E-state index contributed by atoms with van der Waals surface area (Å²) in [4.78, 5) is 72.6. The highest BCUT2D eigenvalue weighted by molar-refractivity contribution is 7.47. The number of unbranched alkanes of at least 4 members (excludes halogenated alkanes) is 39. The van der Waals surface area contributed by atoms with Gasteiger partial charge in [-0.25, -0.2) is 9.13 Å². The number of phosphoric acid groups is 2. The number of carbonyl (C=O) groups excluding carboxylic acids is 4. The molecule has 0 saturated carbocycles. The Morgan fingerprint density at radius 2 is 0.567 bits per heavy atom. The maximum Gasteiger partial charge on any atom is 0.472 e. The van der Waals surface area contributed by atoms with Crippen LogP contribution in [0.5, 0.6) is 0 Å². The summed E-state index contributed by atoms with van der Waals surface area (Å²) in [6, 6.07) is 0. The molecule has 0 spiro atoms. The van der Waals surface area contributed by atoms with Crippen LogP contribution in [0.2, 0.25) is 0 Å². The van der Waals surface area contributed by atoms with Crippen molar-refractivity contribution in [2.75, 3.05) is 39.6 Å². The van der Waals surface area contributed by atoms with E-state index in [4.69, 9.17) is 37.0 Å². The van der Waals surface area contributed by atoms with Crippen LogP contribution in [0.3, 0.4) is 0 Å². The molecular weight excluding hydrogens is 1190 g/mol. The fraction of sp³-hybridized carbons (Fsp3) is 0.944. The van der Waals surface area contributed by atoms with Gasteiger partial charge in [0.25, 0.3) is 0 Å². The zero-order valence-corrected chi connectivity index (χ0v) is 60.2. The van der Waals surface area contributed by atoms with Gasteiger partial charge in [-0.1, -0.05) is 311 Å². The van der Waals surface area contributed by atoms with Gasteiger partial charge in [-0.2, -0.15) is 0 Å². The second-order valence-corrected chi connectivity index (χ2v) is 29.3. The molecule has 0 bridgehead atoms. The number of esters is 4. The highest BCUT2D eigenvalue weighted by Crippen LogP contribution is 2.45. The molecule has 0 aliphatic heterocycles. The Hall–Kier alpha value is -1.94. The first kappa shape index (κ1) is 88.1. The van der Waals surface area contributed by atoms with Crippen LogP contribution in [-0.4, -0.2) is 96.7 Å². The van der Waals surface area contributed by atoms with E-state index < -0.39 is 97.5 Å². The number of aliphatic hydroxyl groups excluding tert-OH is 1. The normalized spacial score (nSPS) is 14.4. The van der Waals surface area contributed by atoms with Gasteiger partial charge in [0.1, 0.15) is 19.3 Å². The van der Waals surface area contributed by atoms with Crippen LogP contribution in [0, 0.1) is 11.8 Å². The van der Waals surface area contributed by atoms with Crippen molar-refractivity contribution in [2.24, 2.45) is 11.8 Å². The van der Waals surface area contributed by atoms with E-state index in [0.29, 0.717) is 25.7 Å². The van der Waals surface area contributed by atoms with Crippen LogP contribution < -0.4 is 0 Å². The molecule has 0 aromatic carbocycles. The van der Waals surface area contributed by atoms with Crippen LogP contribution >= 0.6 is 15.6 Å². The third-order valence-corrected chi connectivity index (χ3v) is 18.7. The molecule has 90 heavy (non-hydrogen) atoms. The quantitative estimate of drug-likeness (QED) is 0.0222. The highest BCUT2D eigenvalue weighted by atomic mass is 31.2. The Bertz CT molecular complexity index is 1750. The van der Waals surface area contributed by atoms with E-state index in [9.17, 15) is 43.2 Å². The van der Waals surface area contributed by atoms with Crippen molar-refractivity contribution >= 4 is 39.5 Å². The lowest BCUT2D eigenvalue weighted by Gasteiger charge is -2.21. The van der Waals surface area contributed by atoms with E-state index in [1.165, 1.54) is 180 Å². The summed E-state index contributed by atoms with van der Waals surface area (Å²) in [5.74, 6) is -0.582. The monoisotopic (exact) mass is 1320 g/mol. The first-order chi connectivity index (χ1) is 43.4. The van der Waals surface area contributed by atoms with E-state index in [0.717, 1.165) is 102 Å². The molecule has 0 fully saturated rings. The van der Waals surface area contributed by atoms with Gasteiger partial charge in [0.05, 0.1) is 26.4 Å². The number of aliphatic hydroxyl groups is 1. The fourth-order valence-electron chi connectivity index (χ4n) is 10.7. The summed E-state index contributed by atoms with van der Waals surface area (Å²) < 4.78 is 68.3. The Labute approximate surface area is 549 Å². The average Bonchev–Trinajstić information content (AvgIpc) is 3.72. The van der Waals surface area contributed by atoms with Gasteiger partial charge in [0.15, 0.2) is 12.2 Å². The van der Waals surface area contributed by atoms with Gasteiger partial charge in [-0.3, -0.25) is 37.3 Å². The van der Waals surface area contributed by atoms with Crippen molar-refractivity contribution in [2.45, 2.75) is 381 Å². The SMILES string of the molecule is CCCCCCCCCCCCCCCC(=O)OC[C@H](COP(=O)(O)OC[C@@H](O)COP(=O)(O)OC[C@@H](COC(=O)CCCCCCCCCCCCC)OC(=O)CCCCCCCCCCCC(C)C)OC(=O)CCCCCCCCCCCCC(C)CC. The average molecular weight is 1330 g/mol. The molecule has 3 N–H and O–H groups in total. The molecule has 534 valence electrons. The number of carbonyl (C=O) groups is 4. The standard InChI is InChI=1S/C71H138O17P2/c1-7-10-12-14-16-18-20-21-23-30-36-42-48-54-69(74)82-59-66(87-70(75)55-49-43-37-31-25-24-28-34-40-46-52-64(6)9-3)61-85-89(77,78)83-57-65(72)58-84-90(79,80)86-62-67(60-81-68(73)53-47-41-35-29-22-19-17-15-13-11-8-2)88-71(76)56-50-44-38-32-26-27-33-39-45-51-63(4)5/h63-67,72H,7-62H2,1-6H3,(H,77,78)(H,79,80)/t64?,65-,66-,67-/m1/s1. The van der Waals surface area contributed by atoms with Crippen LogP contribution in [0.1, 0.15) is 363 Å². The minimum Gasteiger partial charge on any atom is -0.462 e. The molecule has 0 aromatic heterocycles. The van der Waals surface area contributed by atoms with Crippen molar-refractivity contribution in [1.82, 2.24) is 0 Å². The fourth-order valence-corrected chi connectivity index (χ4v) is 12.3. The molecule has 3 unspecified atom stereocenters. The second-order valence-electron chi connectivity index (χ2n) is 26.3. The van der Waals surface area contributed by atoms with E-state index in [2.05, 4.69) is 41.5 Å². The van der Waals surface area contributed by atoms with Crippen molar-refractivity contribution < 1.29 is 80.2 Å². The summed E-state index contributed by atoms with van der Waals surface area (Å²) >= 11 is 0. The van der Waals surface area contributed by atoms with Crippen molar-refractivity contribution in [3.05, 3.63) is 0 Å². The van der Waals surface area contributed by atoms with Crippen molar-refractivity contribution in [3.63, 3.8) is 0 Å². The number of rotatable bonds is 70. The highest BCUT2D eigenvalue weighted by Gasteiger charge is 2.30. The number of hydrogen-bond donors (Lipinski definition) is 3. The third kappa shape index (κ3) is 63.5. The van der Waals surface area contributed by atoms with Gasteiger partial charge >= 0.3 is 39.5 Å². The molecule has 0 radical (unpaired) electrons. The van der Waals surface area contributed by atoms with Crippen LogP contribution in [-0.2, 0) is 65.4 Å². The molecule has 0 heterocycles. The van der Waals surface area contributed by atoms with Crippen molar-refractivity contribution in [3.8, 4) is 0 Å². The molecule has 0 aliphatic carbocycles. The lowest BCUT2D eigenvalue weighted by Crippen LogP contribution is -2.30. The Balaban J connectivity index is 5.26. The Morgan fingerprint density at radius 3 is 0.844 bits per heavy atom. The Kier molecular flexibility index (Phi) is 61.8. The summed E-state index contributed by atoms with van der Waals surface area (Å²) in [6.45, 7) is 9.56. The van der Waals surface area contributed by atoms with E-state index in [1.807, 2.05) is 0 Å². The molecule has 0 rings (SSSR count). The van der Waals surface area contributed by atoms with Gasteiger partial charge in [0, 0.05) is 25.7 Å². The lowest BCUT2D eigenvalue weighted by atomic mass is 9.99. The first-order valence-electron chi connectivity index (χ1n) is 37.0. The molecule has 19 heteroatoms. The molecule has 0 aliphatic rings. The van der Waals surface area contributed by atoms with Gasteiger partial charge < -0.3 is 33.8 Å². The number of phosphoric ester groups is 2. The van der Waals surface area contributed by atoms with Crippen LogP contribution in [0.15, 0.2) is 0 Å². The maximum absolute atomic E-state index is 13.0. The van der Waals surface area contributed by atoms with Gasteiger partial charge in [-0.05, 0) is 37.5 Å². The maximum atomic E-state index is 13.0. The zero-order chi connectivity index (χ0) is 66.5. The van der Waals surface area contributed by atoms with E-state index >= 15 is 0 Å². The molecule has 0 aromatic rings. The van der Waals surface area contributed by atoms with Crippen LogP contribution in [0.4, 0.5) is 0 Å². The first-order valence-corrected chi connectivity index (χ1v) is 40.0. The molecule has 17 nitrogen and oxygen atoms in total. The second kappa shape index (κ2) is 63.1. The smallest absolute Gasteiger partial charge is 0.462 e. The topological polar surface area (TPSA) is 237 Å². The van der Waals surface area contributed by atoms with Gasteiger partial charge in [0.2, 0.25) is 0 Å². The van der Waals surface area contributed by atoms with E-state index in [-0.39, 0.29) is 25.7 Å². The Morgan fingerprint density at radius 1 is 0.322 bits per heavy atom. The largest absolute Gasteiger partial charge is 0.472 e. The van der Waals surface area contributed by atoms with Gasteiger partial charge in [-0.15, -0.1) is 0 Å². The zero-order valence-electron chi connectivity index (χ0n) is 58.4.